The molecule has 0 saturated heterocycles. The van der Waals surface area contributed by atoms with Crippen molar-refractivity contribution in [2.24, 2.45) is 5.41 Å². The minimum Gasteiger partial charge on any atom is -0.496 e. The monoisotopic (exact) mass is 292 g/mol. The van der Waals surface area contributed by atoms with Gasteiger partial charge in [-0.15, -0.1) is 0 Å². The van der Waals surface area contributed by atoms with Gasteiger partial charge < -0.3 is 15.4 Å². The third-order valence-corrected chi connectivity index (χ3v) is 2.96. The quantitative estimate of drug-likeness (QED) is 0.875. The maximum absolute atomic E-state index is 11.8. The Morgan fingerprint density at radius 1 is 1.24 bits per heavy atom. The summed E-state index contributed by atoms with van der Waals surface area (Å²) in [6, 6.07) is 5.47. The van der Waals surface area contributed by atoms with Gasteiger partial charge in [0.25, 0.3) is 0 Å². The summed E-state index contributed by atoms with van der Waals surface area (Å²) in [6.45, 7) is 7.62. The Hall–Kier alpha value is -2.04. The Morgan fingerprint density at radius 3 is 2.43 bits per heavy atom. The Morgan fingerprint density at radius 2 is 1.90 bits per heavy atom. The number of rotatable bonds is 5. The standard InChI is InChI=1S/C16H24N2O3/c1-11(19)18-13-6-7-14(21-5)12(10-13)8-9-17-15(20)16(2,3)4/h6-7,10H,8-9H2,1-5H3,(H,17,20)(H,18,19). The van der Waals surface area contributed by atoms with Gasteiger partial charge in [0.1, 0.15) is 5.75 Å². The summed E-state index contributed by atoms with van der Waals surface area (Å²) in [4.78, 5) is 22.9. The molecule has 0 saturated carbocycles. The summed E-state index contributed by atoms with van der Waals surface area (Å²) in [6.07, 6.45) is 0.637. The van der Waals surface area contributed by atoms with Crippen LogP contribution in [0.15, 0.2) is 18.2 Å². The van der Waals surface area contributed by atoms with Crippen molar-refractivity contribution < 1.29 is 14.3 Å². The predicted octanol–water partition coefficient (Wildman–Crippen LogP) is 2.36. The highest BCUT2D eigenvalue weighted by atomic mass is 16.5. The van der Waals surface area contributed by atoms with E-state index in [9.17, 15) is 9.59 Å². The lowest BCUT2D eigenvalue weighted by molar-refractivity contribution is -0.128. The topological polar surface area (TPSA) is 67.4 Å². The molecule has 1 rings (SSSR count). The van der Waals surface area contributed by atoms with Crippen LogP contribution in [0, 0.1) is 5.41 Å². The number of carbonyl (C=O) groups is 2. The Labute approximate surface area is 126 Å². The molecule has 21 heavy (non-hydrogen) atoms. The van der Waals surface area contributed by atoms with Crippen LogP contribution >= 0.6 is 0 Å². The molecule has 2 N–H and O–H groups in total. The van der Waals surface area contributed by atoms with Crippen molar-refractivity contribution in [1.82, 2.24) is 5.32 Å². The first-order valence-electron chi connectivity index (χ1n) is 6.97. The van der Waals surface area contributed by atoms with Gasteiger partial charge in [0.05, 0.1) is 7.11 Å². The number of nitrogens with one attached hydrogen (secondary N) is 2. The molecule has 0 aliphatic heterocycles. The molecule has 0 aliphatic rings. The van der Waals surface area contributed by atoms with E-state index in [4.69, 9.17) is 4.74 Å². The Balaban J connectivity index is 2.72. The molecule has 0 aromatic heterocycles. The predicted molar refractivity (Wildman–Crippen MR) is 83.5 cm³/mol. The number of carbonyl (C=O) groups excluding carboxylic acids is 2. The molecule has 0 spiro atoms. The number of benzene rings is 1. The third-order valence-electron chi connectivity index (χ3n) is 2.96. The van der Waals surface area contributed by atoms with Gasteiger partial charge in [-0.1, -0.05) is 20.8 Å². The molecule has 5 heteroatoms. The molecule has 0 radical (unpaired) electrons. The van der Waals surface area contributed by atoms with Crippen LogP contribution in [0.5, 0.6) is 5.75 Å². The van der Waals surface area contributed by atoms with E-state index >= 15 is 0 Å². The average Bonchev–Trinajstić information content (AvgIpc) is 2.37. The van der Waals surface area contributed by atoms with Crippen molar-refractivity contribution in [2.75, 3.05) is 19.0 Å². The summed E-state index contributed by atoms with van der Waals surface area (Å²) in [5, 5.41) is 5.64. The Kier molecular flexibility index (Phi) is 5.76. The second-order valence-corrected chi connectivity index (χ2v) is 5.96. The molecule has 116 valence electrons. The van der Waals surface area contributed by atoms with E-state index in [1.54, 1.807) is 13.2 Å². The van der Waals surface area contributed by atoms with E-state index in [0.29, 0.717) is 13.0 Å². The number of anilines is 1. The van der Waals surface area contributed by atoms with E-state index in [2.05, 4.69) is 10.6 Å². The molecule has 0 aliphatic carbocycles. The van der Waals surface area contributed by atoms with Crippen molar-refractivity contribution in [1.29, 1.82) is 0 Å². The lowest BCUT2D eigenvalue weighted by Gasteiger charge is -2.18. The first-order chi connectivity index (χ1) is 9.74. The first kappa shape index (κ1) is 17.0. The van der Waals surface area contributed by atoms with Crippen LogP contribution in [0.1, 0.15) is 33.3 Å². The van der Waals surface area contributed by atoms with Gasteiger partial charge in [-0.3, -0.25) is 9.59 Å². The minimum atomic E-state index is -0.401. The average molecular weight is 292 g/mol. The van der Waals surface area contributed by atoms with E-state index in [1.807, 2.05) is 32.9 Å². The van der Waals surface area contributed by atoms with Crippen molar-refractivity contribution in [3.05, 3.63) is 23.8 Å². The van der Waals surface area contributed by atoms with Crippen LogP contribution in [0.3, 0.4) is 0 Å². The van der Waals surface area contributed by atoms with E-state index in [1.165, 1.54) is 6.92 Å². The van der Waals surface area contributed by atoms with Crippen molar-refractivity contribution in [3.8, 4) is 5.75 Å². The number of amides is 2. The molecule has 0 fully saturated rings. The third kappa shape index (κ3) is 5.45. The summed E-state index contributed by atoms with van der Waals surface area (Å²) in [7, 11) is 1.60. The molecular formula is C16H24N2O3. The smallest absolute Gasteiger partial charge is 0.225 e. The molecule has 2 amide bonds. The van der Waals surface area contributed by atoms with Gasteiger partial charge in [-0.2, -0.15) is 0 Å². The van der Waals surface area contributed by atoms with Crippen molar-refractivity contribution >= 4 is 17.5 Å². The van der Waals surface area contributed by atoms with Crippen LogP contribution in [-0.4, -0.2) is 25.5 Å². The molecule has 0 heterocycles. The second kappa shape index (κ2) is 7.11. The van der Waals surface area contributed by atoms with E-state index < -0.39 is 5.41 Å². The maximum Gasteiger partial charge on any atom is 0.225 e. The fourth-order valence-electron chi connectivity index (χ4n) is 1.83. The van der Waals surface area contributed by atoms with Gasteiger partial charge >= 0.3 is 0 Å². The molecule has 1 aromatic rings. The van der Waals surface area contributed by atoms with Crippen molar-refractivity contribution in [2.45, 2.75) is 34.1 Å². The highest BCUT2D eigenvalue weighted by Gasteiger charge is 2.20. The normalized spacial score (nSPS) is 10.9. The lowest BCUT2D eigenvalue weighted by atomic mass is 9.95. The van der Waals surface area contributed by atoms with Gasteiger partial charge in [0.15, 0.2) is 0 Å². The molecule has 1 aromatic carbocycles. The summed E-state index contributed by atoms with van der Waals surface area (Å²) < 4.78 is 5.30. The fourth-order valence-corrected chi connectivity index (χ4v) is 1.83. The van der Waals surface area contributed by atoms with Crippen LogP contribution in [-0.2, 0) is 16.0 Å². The fraction of sp³-hybridized carbons (Fsp3) is 0.500. The van der Waals surface area contributed by atoms with Crippen LogP contribution in [0.2, 0.25) is 0 Å². The highest BCUT2D eigenvalue weighted by molar-refractivity contribution is 5.88. The zero-order valence-corrected chi connectivity index (χ0v) is 13.4. The SMILES string of the molecule is COc1ccc(NC(C)=O)cc1CCNC(=O)C(C)(C)C. The molecular weight excluding hydrogens is 268 g/mol. The van der Waals surface area contributed by atoms with E-state index in [-0.39, 0.29) is 11.8 Å². The number of ether oxygens (including phenoxy) is 1. The van der Waals surface area contributed by atoms with Crippen LogP contribution in [0.4, 0.5) is 5.69 Å². The molecule has 0 atom stereocenters. The molecule has 0 unspecified atom stereocenters. The van der Waals surface area contributed by atoms with Gasteiger partial charge in [0.2, 0.25) is 11.8 Å². The van der Waals surface area contributed by atoms with Crippen LogP contribution in [0.25, 0.3) is 0 Å². The summed E-state index contributed by atoms with van der Waals surface area (Å²) >= 11 is 0. The van der Waals surface area contributed by atoms with Gasteiger partial charge in [0, 0.05) is 24.6 Å². The summed E-state index contributed by atoms with van der Waals surface area (Å²) in [5.41, 5.74) is 1.26. The minimum absolute atomic E-state index is 0.0134. The molecule has 0 bridgehead atoms. The number of hydrogen-bond donors (Lipinski definition) is 2. The number of hydrogen-bond acceptors (Lipinski definition) is 3. The van der Waals surface area contributed by atoms with Crippen molar-refractivity contribution in [3.63, 3.8) is 0 Å². The zero-order chi connectivity index (χ0) is 16.0. The van der Waals surface area contributed by atoms with Crippen LogP contribution < -0.4 is 15.4 Å². The Bertz CT molecular complexity index is 519. The highest BCUT2D eigenvalue weighted by Crippen LogP contribution is 2.23. The second-order valence-electron chi connectivity index (χ2n) is 5.96. The maximum atomic E-state index is 11.8. The van der Waals surface area contributed by atoms with Gasteiger partial charge in [-0.25, -0.2) is 0 Å². The molecule has 5 nitrogen and oxygen atoms in total. The largest absolute Gasteiger partial charge is 0.496 e. The van der Waals surface area contributed by atoms with E-state index in [0.717, 1.165) is 17.0 Å². The number of methoxy groups -OCH3 is 1. The zero-order valence-electron chi connectivity index (χ0n) is 13.4. The first-order valence-corrected chi connectivity index (χ1v) is 6.97. The summed E-state index contributed by atoms with van der Waals surface area (Å²) in [5.74, 6) is 0.640. The lowest BCUT2D eigenvalue weighted by Crippen LogP contribution is -2.35. The van der Waals surface area contributed by atoms with Gasteiger partial charge in [-0.05, 0) is 30.2 Å².